The molecular weight excluding hydrogens is 340 g/mol. The van der Waals surface area contributed by atoms with E-state index in [4.69, 9.17) is 0 Å². The van der Waals surface area contributed by atoms with E-state index in [0.29, 0.717) is 0 Å². The van der Waals surface area contributed by atoms with Gasteiger partial charge in [0.1, 0.15) is 12.1 Å². The summed E-state index contributed by atoms with van der Waals surface area (Å²) in [5.74, 6) is 1.20. The van der Waals surface area contributed by atoms with Crippen molar-refractivity contribution >= 4 is 17.4 Å². The Morgan fingerprint density at radius 2 is 1.89 bits per heavy atom. The Morgan fingerprint density at radius 1 is 1.04 bits per heavy atom. The molecule has 0 spiro atoms. The topological polar surface area (TPSA) is 66.6 Å². The number of hydrogen-bond acceptors (Lipinski definition) is 5. The van der Waals surface area contributed by atoms with Crippen molar-refractivity contribution in [2.45, 2.75) is 25.2 Å². The summed E-state index contributed by atoms with van der Waals surface area (Å²) >= 11 is 0. The standard InChI is InChI=1S/C20H22N6O/c27-20(17-7-3-5-15-4-1-2-6-16(15)17)25-12-10-24(11-13-25)19-9-8-18-22-21-14-26(18)23-19/h1-2,4,6,8-9,14,17H,3,5,7,10-13H2. The molecule has 2 aliphatic rings. The van der Waals surface area contributed by atoms with Crippen LogP contribution in [0.4, 0.5) is 5.82 Å². The summed E-state index contributed by atoms with van der Waals surface area (Å²) in [5.41, 5.74) is 3.31. The number of benzene rings is 1. The van der Waals surface area contributed by atoms with Gasteiger partial charge >= 0.3 is 0 Å². The van der Waals surface area contributed by atoms with E-state index in [9.17, 15) is 4.79 Å². The molecular formula is C20H22N6O. The molecule has 0 bridgehead atoms. The van der Waals surface area contributed by atoms with Gasteiger partial charge in [-0.25, -0.2) is 0 Å². The number of amides is 1. The molecule has 3 aromatic rings. The number of piperazine rings is 1. The Balaban J connectivity index is 1.28. The molecule has 1 atom stereocenters. The summed E-state index contributed by atoms with van der Waals surface area (Å²) in [5, 5.41) is 12.4. The van der Waals surface area contributed by atoms with Gasteiger partial charge in [0.25, 0.3) is 0 Å². The van der Waals surface area contributed by atoms with Crippen LogP contribution in [0.2, 0.25) is 0 Å². The van der Waals surface area contributed by atoms with Gasteiger partial charge in [-0.3, -0.25) is 4.79 Å². The van der Waals surface area contributed by atoms with Crippen LogP contribution in [0.25, 0.3) is 5.65 Å². The minimum Gasteiger partial charge on any atom is -0.352 e. The fourth-order valence-corrected chi connectivity index (χ4v) is 4.27. The van der Waals surface area contributed by atoms with Crippen LogP contribution in [-0.2, 0) is 11.2 Å². The molecule has 0 saturated carbocycles. The first-order chi connectivity index (χ1) is 13.3. The number of hydrogen-bond donors (Lipinski definition) is 0. The fraction of sp³-hybridized carbons (Fsp3) is 0.400. The van der Waals surface area contributed by atoms with E-state index in [0.717, 1.165) is 56.9 Å². The quantitative estimate of drug-likeness (QED) is 0.696. The van der Waals surface area contributed by atoms with Crippen molar-refractivity contribution in [1.29, 1.82) is 0 Å². The van der Waals surface area contributed by atoms with Crippen molar-refractivity contribution < 1.29 is 4.79 Å². The van der Waals surface area contributed by atoms with Crippen molar-refractivity contribution in [3.8, 4) is 0 Å². The molecule has 1 aromatic carbocycles. The zero-order valence-corrected chi connectivity index (χ0v) is 15.2. The Bertz CT molecular complexity index is 975. The molecule has 0 radical (unpaired) electrons. The average Bonchev–Trinajstić information content (AvgIpc) is 3.21. The average molecular weight is 362 g/mol. The molecule has 1 saturated heterocycles. The van der Waals surface area contributed by atoms with Crippen LogP contribution in [0.1, 0.15) is 29.9 Å². The predicted molar refractivity (Wildman–Crippen MR) is 102 cm³/mol. The van der Waals surface area contributed by atoms with Crippen molar-refractivity contribution in [1.82, 2.24) is 24.7 Å². The third kappa shape index (κ3) is 2.93. The zero-order valence-electron chi connectivity index (χ0n) is 15.2. The predicted octanol–water partition coefficient (Wildman–Crippen LogP) is 1.89. The van der Waals surface area contributed by atoms with Crippen LogP contribution < -0.4 is 4.90 Å². The van der Waals surface area contributed by atoms with Gasteiger partial charge in [-0.05, 0) is 42.5 Å². The summed E-state index contributed by atoms with van der Waals surface area (Å²) in [6.45, 7) is 3.06. The third-order valence-corrected chi connectivity index (χ3v) is 5.73. The number of rotatable bonds is 2. The van der Waals surface area contributed by atoms with Gasteiger partial charge in [0.2, 0.25) is 5.91 Å². The maximum Gasteiger partial charge on any atom is 0.230 e. The highest BCUT2D eigenvalue weighted by atomic mass is 16.2. The van der Waals surface area contributed by atoms with E-state index in [1.807, 2.05) is 17.0 Å². The van der Waals surface area contributed by atoms with Crippen molar-refractivity contribution in [2.24, 2.45) is 0 Å². The highest BCUT2D eigenvalue weighted by molar-refractivity contribution is 5.84. The molecule has 7 nitrogen and oxygen atoms in total. The van der Waals surface area contributed by atoms with E-state index in [1.54, 1.807) is 10.8 Å². The number of aryl methyl sites for hydroxylation is 1. The summed E-state index contributed by atoms with van der Waals surface area (Å²) in [7, 11) is 0. The third-order valence-electron chi connectivity index (χ3n) is 5.73. The second-order valence-corrected chi connectivity index (χ2v) is 7.28. The zero-order chi connectivity index (χ0) is 18.2. The van der Waals surface area contributed by atoms with Crippen LogP contribution in [-0.4, -0.2) is 56.8 Å². The Kier molecular flexibility index (Phi) is 3.99. The van der Waals surface area contributed by atoms with Crippen LogP contribution >= 0.6 is 0 Å². The Morgan fingerprint density at radius 3 is 2.78 bits per heavy atom. The van der Waals surface area contributed by atoms with Gasteiger partial charge in [-0.15, -0.1) is 15.3 Å². The second-order valence-electron chi connectivity index (χ2n) is 7.28. The summed E-state index contributed by atoms with van der Waals surface area (Å²) in [6.07, 6.45) is 4.75. The Hall–Kier alpha value is -2.96. The maximum atomic E-state index is 13.2. The van der Waals surface area contributed by atoms with E-state index in [1.165, 1.54) is 11.1 Å². The minimum atomic E-state index is 0.0213. The monoisotopic (exact) mass is 362 g/mol. The van der Waals surface area contributed by atoms with Gasteiger partial charge < -0.3 is 9.80 Å². The van der Waals surface area contributed by atoms with Gasteiger partial charge in [0.15, 0.2) is 5.65 Å². The molecule has 3 heterocycles. The molecule has 1 amide bonds. The minimum absolute atomic E-state index is 0.0213. The first-order valence-corrected chi connectivity index (χ1v) is 9.58. The highest BCUT2D eigenvalue weighted by Gasteiger charge is 2.31. The lowest BCUT2D eigenvalue weighted by Crippen LogP contribution is -2.50. The van der Waals surface area contributed by atoms with Crippen molar-refractivity contribution in [2.75, 3.05) is 31.1 Å². The van der Waals surface area contributed by atoms with E-state index >= 15 is 0 Å². The van der Waals surface area contributed by atoms with Gasteiger partial charge in [-0.1, -0.05) is 24.3 Å². The largest absolute Gasteiger partial charge is 0.352 e. The van der Waals surface area contributed by atoms with Crippen LogP contribution in [0.5, 0.6) is 0 Å². The molecule has 27 heavy (non-hydrogen) atoms. The van der Waals surface area contributed by atoms with Crippen molar-refractivity contribution in [3.63, 3.8) is 0 Å². The van der Waals surface area contributed by atoms with E-state index < -0.39 is 0 Å². The molecule has 1 unspecified atom stereocenters. The molecule has 7 heteroatoms. The molecule has 5 rings (SSSR count). The normalized spacial score (nSPS) is 19.9. The fourth-order valence-electron chi connectivity index (χ4n) is 4.27. The smallest absolute Gasteiger partial charge is 0.230 e. The number of carbonyl (C=O) groups excluding carboxylic acids is 1. The van der Waals surface area contributed by atoms with Gasteiger partial charge in [0.05, 0.1) is 5.92 Å². The lowest BCUT2D eigenvalue weighted by Gasteiger charge is -2.38. The number of nitrogens with zero attached hydrogens (tertiary/aromatic N) is 6. The van der Waals surface area contributed by atoms with Crippen LogP contribution in [0.3, 0.4) is 0 Å². The summed E-state index contributed by atoms with van der Waals surface area (Å²) in [4.78, 5) is 17.4. The molecule has 0 N–H and O–H groups in total. The molecule has 1 fully saturated rings. The number of fused-ring (bicyclic) bond motifs is 2. The molecule has 1 aliphatic carbocycles. The lowest BCUT2D eigenvalue weighted by molar-refractivity contribution is -0.133. The maximum absolute atomic E-state index is 13.2. The Labute approximate surface area is 157 Å². The molecule has 2 aromatic heterocycles. The van der Waals surface area contributed by atoms with E-state index in [2.05, 4.69) is 44.5 Å². The number of carbonyl (C=O) groups is 1. The van der Waals surface area contributed by atoms with Crippen LogP contribution in [0, 0.1) is 0 Å². The lowest BCUT2D eigenvalue weighted by atomic mass is 9.82. The highest BCUT2D eigenvalue weighted by Crippen LogP contribution is 2.33. The van der Waals surface area contributed by atoms with E-state index in [-0.39, 0.29) is 11.8 Å². The first-order valence-electron chi connectivity index (χ1n) is 9.58. The van der Waals surface area contributed by atoms with Gasteiger partial charge in [-0.2, -0.15) is 4.52 Å². The van der Waals surface area contributed by atoms with Crippen LogP contribution in [0.15, 0.2) is 42.7 Å². The van der Waals surface area contributed by atoms with Gasteiger partial charge in [0, 0.05) is 26.2 Å². The number of anilines is 1. The summed E-state index contributed by atoms with van der Waals surface area (Å²) in [6, 6.07) is 12.3. The molecule has 138 valence electrons. The first kappa shape index (κ1) is 16.2. The SMILES string of the molecule is O=C(C1CCCc2ccccc21)N1CCN(c2ccc3nncn3n2)CC1. The summed E-state index contributed by atoms with van der Waals surface area (Å²) < 4.78 is 1.69. The number of aromatic nitrogens is 4. The second kappa shape index (κ2) is 6.64. The molecule has 1 aliphatic heterocycles. The van der Waals surface area contributed by atoms with Crippen molar-refractivity contribution in [3.05, 3.63) is 53.9 Å².